The maximum Gasteiger partial charge on any atom is 0.149 e. The van der Waals surface area contributed by atoms with E-state index < -0.39 is 5.82 Å². The van der Waals surface area contributed by atoms with E-state index in [0.29, 0.717) is 39.0 Å². The Balaban J connectivity index is 1.51. The first kappa shape index (κ1) is 19.1. The molecule has 2 aromatic heterocycles. The molecule has 3 heterocycles. The minimum absolute atomic E-state index is 0.306. The molecule has 0 saturated carbocycles. The topological polar surface area (TPSA) is 46.8 Å². The summed E-state index contributed by atoms with van der Waals surface area (Å²) in [6.45, 7) is 5.29. The molecule has 1 aliphatic rings. The molecular formula is C23H23F2N5. The second-order valence-corrected chi connectivity index (χ2v) is 8.04. The summed E-state index contributed by atoms with van der Waals surface area (Å²) in [5, 5.41) is 13.7. The van der Waals surface area contributed by atoms with Crippen molar-refractivity contribution in [3.63, 3.8) is 0 Å². The Labute approximate surface area is 173 Å². The van der Waals surface area contributed by atoms with Crippen LogP contribution in [0.3, 0.4) is 0 Å². The van der Waals surface area contributed by atoms with Crippen LogP contribution in [0.5, 0.6) is 0 Å². The number of rotatable bonds is 3. The Morgan fingerprint density at radius 2 is 1.80 bits per heavy atom. The van der Waals surface area contributed by atoms with Gasteiger partial charge in [-0.15, -0.1) is 10.2 Å². The summed E-state index contributed by atoms with van der Waals surface area (Å²) in [6, 6.07) is 8.43. The second-order valence-electron chi connectivity index (χ2n) is 8.04. The van der Waals surface area contributed by atoms with E-state index in [4.69, 9.17) is 0 Å². The third-order valence-electron chi connectivity index (χ3n) is 6.27. The van der Waals surface area contributed by atoms with E-state index in [9.17, 15) is 4.39 Å². The molecule has 0 amide bonds. The SMILES string of the molecule is CCN1CCC(c2cc(F)c3cc(-c4cc(F)c5c(cnn5C)c4)nnc3c2)CC1. The lowest BCUT2D eigenvalue weighted by Crippen LogP contribution is -2.32. The van der Waals surface area contributed by atoms with Gasteiger partial charge in [-0.1, -0.05) is 6.92 Å². The molecule has 154 valence electrons. The average molecular weight is 407 g/mol. The summed E-state index contributed by atoms with van der Waals surface area (Å²) in [4.78, 5) is 2.41. The van der Waals surface area contributed by atoms with Crippen LogP contribution in [-0.4, -0.2) is 44.5 Å². The molecule has 0 radical (unpaired) electrons. The van der Waals surface area contributed by atoms with Crippen LogP contribution in [0, 0.1) is 11.6 Å². The fourth-order valence-electron chi connectivity index (χ4n) is 4.50. The van der Waals surface area contributed by atoms with Crippen LogP contribution in [0.1, 0.15) is 31.2 Å². The zero-order chi connectivity index (χ0) is 20.8. The van der Waals surface area contributed by atoms with Crippen molar-refractivity contribution in [2.24, 2.45) is 7.05 Å². The molecule has 2 aromatic carbocycles. The second kappa shape index (κ2) is 7.40. The summed E-state index contributed by atoms with van der Waals surface area (Å²) in [6.07, 6.45) is 3.65. The number of aromatic nitrogens is 4. The molecule has 1 saturated heterocycles. The normalized spacial score (nSPS) is 16.0. The first-order chi connectivity index (χ1) is 14.5. The van der Waals surface area contributed by atoms with Gasteiger partial charge >= 0.3 is 0 Å². The largest absolute Gasteiger partial charge is 0.304 e. The van der Waals surface area contributed by atoms with Gasteiger partial charge in [0.1, 0.15) is 17.2 Å². The molecule has 0 unspecified atom stereocenters. The van der Waals surface area contributed by atoms with Gasteiger partial charge in [0.25, 0.3) is 0 Å². The van der Waals surface area contributed by atoms with Gasteiger partial charge in [0.15, 0.2) is 0 Å². The highest BCUT2D eigenvalue weighted by Gasteiger charge is 2.21. The smallest absolute Gasteiger partial charge is 0.149 e. The summed E-state index contributed by atoms with van der Waals surface area (Å²) in [5.41, 5.74) is 2.94. The highest BCUT2D eigenvalue weighted by atomic mass is 19.1. The van der Waals surface area contributed by atoms with Crippen LogP contribution in [0.4, 0.5) is 8.78 Å². The van der Waals surface area contributed by atoms with Gasteiger partial charge in [0.2, 0.25) is 0 Å². The lowest BCUT2D eigenvalue weighted by molar-refractivity contribution is 0.222. The van der Waals surface area contributed by atoms with Crippen LogP contribution in [0.25, 0.3) is 33.1 Å². The van der Waals surface area contributed by atoms with Crippen LogP contribution < -0.4 is 0 Å². The molecule has 5 rings (SSSR count). The first-order valence-electron chi connectivity index (χ1n) is 10.3. The van der Waals surface area contributed by atoms with Crippen LogP contribution in [0.15, 0.2) is 36.5 Å². The third kappa shape index (κ3) is 3.23. The molecule has 1 fully saturated rings. The minimum Gasteiger partial charge on any atom is -0.304 e. The third-order valence-corrected chi connectivity index (χ3v) is 6.27. The summed E-state index contributed by atoms with van der Waals surface area (Å²) >= 11 is 0. The monoisotopic (exact) mass is 407 g/mol. The van der Waals surface area contributed by atoms with Crippen molar-refractivity contribution in [1.82, 2.24) is 24.9 Å². The Kier molecular flexibility index (Phi) is 4.70. The predicted molar refractivity (Wildman–Crippen MR) is 113 cm³/mol. The zero-order valence-electron chi connectivity index (χ0n) is 17.1. The fraction of sp³-hybridized carbons (Fsp3) is 0.348. The number of piperidine rings is 1. The Morgan fingerprint density at radius 3 is 2.57 bits per heavy atom. The lowest BCUT2D eigenvalue weighted by atomic mass is 9.88. The number of hydrogen-bond acceptors (Lipinski definition) is 4. The van der Waals surface area contributed by atoms with E-state index in [1.54, 1.807) is 31.4 Å². The van der Waals surface area contributed by atoms with Crippen LogP contribution >= 0.6 is 0 Å². The van der Waals surface area contributed by atoms with Gasteiger partial charge in [-0.2, -0.15) is 5.10 Å². The Bertz CT molecular complexity index is 1240. The number of aryl methyl sites for hydroxylation is 1. The van der Waals surface area contributed by atoms with Crippen molar-refractivity contribution < 1.29 is 8.78 Å². The van der Waals surface area contributed by atoms with Crippen molar-refractivity contribution in [2.45, 2.75) is 25.7 Å². The number of halogens is 2. The van der Waals surface area contributed by atoms with E-state index in [1.165, 1.54) is 10.7 Å². The Hall–Kier alpha value is -2.93. The molecular weight excluding hydrogens is 384 g/mol. The number of fused-ring (bicyclic) bond motifs is 2. The molecule has 0 bridgehead atoms. The van der Waals surface area contributed by atoms with Crippen molar-refractivity contribution >= 4 is 21.8 Å². The maximum atomic E-state index is 15.0. The van der Waals surface area contributed by atoms with Crippen LogP contribution in [0.2, 0.25) is 0 Å². The number of benzene rings is 2. The number of likely N-dealkylation sites (tertiary alicyclic amines) is 1. The summed E-state index contributed by atoms with van der Waals surface area (Å²) in [7, 11) is 1.69. The van der Waals surface area contributed by atoms with Crippen molar-refractivity contribution in [1.29, 1.82) is 0 Å². The highest BCUT2D eigenvalue weighted by Crippen LogP contribution is 2.32. The molecule has 7 heteroatoms. The molecule has 0 N–H and O–H groups in total. The van der Waals surface area contributed by atoms with Crippen molar-refractivity contribution in [2.75, 3.05) is 19.6 Å². The quantitative estimate of drug-likeness (QED) is 0.496. The van der Waals surface area contributed by atoms with Gasteiger partial charge in [0, 0.05) is 23.4 Å². The van der Waals surface area contributed by atoms with Gasteiger partial charge in [0.05, 0.1) is 17.4 Å². The zero-order valence-corrected chi connectivity index (χ0v) is 17.1. The van der Waals surface area contributed by atoms with E-state index in [1.807, 2.05) is 6.07 Å². The number of hydrogen-bond donors (Lipinski definition) is 0. The molecule has 1 aliphatic heterocycles. The van der Waals surface area contributed by atoms with Crippen LogP contribution in [-0.2, 0) is 7.05 Å². The summed E-state index contributed by atoms with van der Waals surface area (Å²) < 4.78 is 31.0. The molecule has 0 spiro atoms. The fourth-order valence-corrected chi connectivity index (χ4v) is 4.50. The molecule has 5 nitrogen and oxygen atoms in total. The van der Waals surface area contributed by atoms with Gasteiger partial charge in [-0.25, -0.2) is 8.78 Å². The van der Waals surface area contributed by atoms with Crippen molar-refractivity contribution in [3.05, 3.63) is 53.7 Å². The lowest BCUT2D eigenvalue weighted by Gasteiger charge is -2.31. The highest BCUT2D eigenvalue weighted by molar-refractivity contribution is 5.87. The standard InChI is InChI=1S/C23H23F2N5/c1-3-30-6-4-14(5-7-30)15-9-19(24)18-12-21(27-28-22(18)11-15)16-8-17-13-26-29(2)23(17)20(25)10-16/h8-14H,3-7H2,1-2H3. The molecule has 0 atom stereocenters. The molecule has 4 aromatic rings. The predicted octanol–water partition coefficient (Wildman–Crippen LogP) is 4.66. The van der Waals surface area contributed by atoms with E-state index in [2.05, 4.69) is 27.1 Å². The summed E-state index contributed by atoms with van der Waals surface area (Å²) in [5.74, 6) is -0.353. The Morgan fingerprint density at radius 1 is 1.00 bits per heavy atom. The van der Waals surface area contributed by atoms with Gasteiger partial charge < -0.3 is 4.90 Å². The number of nitrogens with zero attached hydrogens (tertiary/aromatic N) is 5. The van der Waals surface area contributed by atoms with E-state index >= 15 is 4.39 Å². The first-order valence-corrected chi connectivity index (χ1v) is 10.3. The average Bonchev–Trinajstić information content (AvgIpc) is 3.14. The maximum absolute atomic E-state index is 15.0. The van der Waals surface area contributed by atoms with Gasteiger partial charge in [-0.05, 0) is 74.3 Å². The van der Waals surface area contributed by atoms with E-state index in [0.717, 1.165) is 38.0 Å². The van der Waals surface area contributed by atoms with E-state index in [-0.39, 0.29) is 5.82 Å². The molecule has 0 aliphatic carbocycles. The molecule has 30 heavy (non-hydrogen) atoms. The van der Waals surface area contributed by atoms with Crippen molar-refractivity contribution in [3.8, 4) is 11.3 Å². The minimum atomic E-state index is -0.390. The van der Waals surface area contributed by atoms with Gasteiger partial charge in [-0.3, -0.25) is 4.68 Å².